The van der Waals surface area contributed by atoms with E-state index in [4.69, 9.17) is 0 Å². The van der Waals surface area contributed by atoms with Gasteiger partial charge in [0.05, 0.1) is 0 Å². The molecule has 4 heteroatoms. The van der Waals surface area contributed by atoms with Crippen molar-refractivity contribution in [2.24, 2.45) is 9.98 Å². The number of aliphatic imine (C=N–C) groups is 2. The summed E-state index contributed by atoms with van der Waals surface area (Å²) in [4.78, 5) is 9.37. The van der Waals surface area contributed by atoms with E-state index in [1.54, 1.807) is 0 Å². The Labute approximate surface area is 122 Å². The van der Waals surface area contributed by atoms with E-state index < -0.39 is 16.1 Å². The van der Waals surface area contributed by atoms with Crippen molar-refractivity contribution in [2.75, 3.05) is 13.1 Å². The molecule has 0 unspecified atom stereocenters. The standard InChI is InChI=1S/C15H34N2Si2/c1-14(16-9-11-18(3,4)5)13-15(2)17-10-12-19(6,7)8/h9-13H2,1-8H3. The lowest BCUT2D eigenvalue weighted by Gasteiger charge is -2.14. The second-order valence-corrected chi connectivity index (χ2v) is 19.3. The first-order chi connectivity index (χ1) is 8.49. The molecule has 0 fully saturated rings. The van der Waals surface area contributed by atoms with Gasteiger partial charge in [0, 0.05) is 47.1 Å². The van der Waals surface area contributed by atoms with Crippen LogP contribution in [0.2, 0.25) is 51.4 Å². The number of rotatable bonds is 8. The van der Waals surface area contributed by atoms with E-state index in [-0.39, 0.29) is 0 Å². The molecule has 0 aliphatic heterocycles. The molecule has 0 amide bonds. The average molecular weight is 299 g/mol. The van der Waals surface area contributed by atoms with E-state index in [0.29, 0.717) is 0 Å². The Kier molecular flexibility index (Phi) is 8.05. The molecule has 0 aliphatic rings. The summed E-state index contributed by atoms with van der Waals surface area (Å²) in [6.07, 6.45) is 0.956. The van der Waals surface area contributed by atoms with Gasteiger partial charge in [0.1, 0.15) is 0 Å². The van der Waals surface area contributed by atoms with Gasteiger partial charge in [-0.2, -0.15) is 0 Å². The third kappa shape index (κ3) is 14.0. The summed E-state index contributed by atoms with van der Waals surface area (Å²) in [5.41, 5.74) is 2.49. The smallest absolute Gasteiger partial charge is 0.0461 e. The molecule has 112 valence electrons. The monoisotopic (exact) mass is 298 g/mol. The average Bonchev–Trinajstić information content (AvgIpc) is 2.12. The number of nitrogens with zero attached hydrogens (tertiary/aromatic N) is 2. The first-order valence-electron chi connectivity index (χ1n) is 7.49. The maximum Gasteiger partial charge on any atom is 0.0461 e. The van der Waals surface area contributed by atoms with E-state index in [1.807, 2.05) is 0 Å². The molecule has 19 heavy (non-hydrogen) atoms. The van der Waals surface area contributed by atoms with E-state index in [1.165, 1.54) is 23.5 Å². The van der Waals surface area contributed by atoms with Crippen LogP contribution in [0.1, 0.15) is 20.3 Å². The van der Waals surface area contributed by atoms with Crippen LogP contribution in [0, 0.1) is 0 Å². The highest BCUT2D eigenvalue weighted by molar-refractivity contribution is 6.76. The van der Waals surface area contributed by atoms with Gasteiger partial charge >= 0.3 is 0 Å². The van der Waals surface area contributed by atoms with Crippen molar-refractivity contribution in [1.29, 1.82) is 0 Å². The zero-order chi connectivity index (χ0) is 15.1. The topological polar surface area (TPSA) is 24.7 Å². The SMILES string of the molecule is CC(CC(C)=NCC[Si](C)(C)C)=NCC[Si](C)(C)C. The molecule has 0 saturated carbocycles. The van der Waals surface area contributed by atoms with Crippen LogP contribution in [0.3, 0.4) is 0 Å². The van der Waals surface area contributed by atoms with Crippen molar-refractivity contribution in [3.8, 4) is 0 Å². The molecule has 0 atom stereocenters. The van der Waals surface area contributed by atoms with Gasteiger partial charge in [-0.1, -0.05) is 39.3 Å². The minimum atomic E-state index is -0.939. The van der Waals surface area contributed by atoms with Gasteiger partial charge < -0.3 is 0 Å². The Morgan fingerprint density at radius 1 is 0.684 bits per heavy atom. The molecule has 0 N–H and O–H groups in total. The Morgan fingerprint density at radius 3 is 1.26 bits per heavy atom. The third-order valence-corrected chi connectivity index (χ3v) is 6.45. The second kappa shape index (κ2) is 8.15. The van der Waals surface area contributed by atoms with Crippen LogP contribution in [0.15, 0.2) is 9.98 Å². The van der Waals surface area contributed by atoms with E-state index in [2.05, 4.69) is 63.1 Å². The van der Waals surface area contributed by atoms with Gasteiger partial charge in [0.2, 0.25) is 0 Å². The van der Waals surface area contributed by atoms with Gasteiger partial charge in [-0.15, -0.1) is 0 Å². The molecule has 0 bridgehead atoms. The molecule has 0 aromatic carbocycles. The summed E-state index contributed by atoms with van der Waals surface area (Å²) >= 11 is 0. The van der Waals surface area contributed by atoms with E-state index in [9.17, 15) is 0 Å². The predicted molar refractivity (Wildman–Crippen MR) is 96.9 cm³/mol. The lowest BCUT2D eigenvalue weighted by Crippen LogP contribution is -2.21. The molecular formula is C15H34N2Si2. The quantitative estimate of drug-likeness (QED) is 0.446. The first kappa shape index (κ1) is 18.8. The van der Waals surface area contributed by atoms with Crippen molar-refractivity contribution in [1.82, 2.24) is 0 Å². The molecule has 0 radical (unpaired) electrons. The van der Waals surface area contributed by atoms with Crippen LogP contribution in [-0.4, -0.2) is 40.7 Å². The van der Waals surface area contributed by atoms with Crippen LogP contribution in [-0.2, 0) is 0 Å². The van der Waals surface area contributed by atoms with Crippen molar-refractivity contribution in [2.45, 2.75) is 71.6 Å². The highest BCUT2D eigenvalue weighted by Crippen LogP contribution is 2.09. The molecule has 0 heterocycles. The Morgan fingerprint density at radius 2 is 1.00 bits per heavy atom. The molecule has 0 saturated heterocycles. The van der Waals surface area contributed by atoms with E-state index in [0.717, 1.165) is 19.5 Å². The predicted octanol–water partition coefficient (Wildman–Crippen LogP) is 4.97. The van der Waals surface area contributed by atoms with Crippen LogP contribution in [0.5, 0.6) is 0 Å². The van der Waals surface area contributed by atoms with Crippen molar-refractivity contribution in [3.05, 3.63) is 0 Å². The fraction of sp³-hybridized carbons (Fsp3) is 0.867. The zero-order valence-electron chi connectivity index (χ0n) is 14.4. The first-order valence-corrected chi connectivity index (χ1v) is 14.9. The van der Waals surface area contributed by atoms with Crippen LogP contribution < -0.4 is 0 Å². The van der Waals surface area contributed by atoms with Crippen molar-refractivity contribution < 1.29 is 0 Å². The Hall–Kier alpha value is -0.226. The van der Waals surface area contributed by atoms with Crippen LogP contribution in [0.25, 0.3) is 0 Å². The molecule has 0 spiro atoms. The Bertz CT molecular complexity index is 288. The number of hydrogen-bond donors (Lipinski definition) is 0. The van der Waals surface area contributed by atoms with Crippen molar-refractivity contribution >= 4 is 27.6 Å². The maximum atomic E-state index is 4.69. The molecule has 2 nitrogen and oxygen atoms in total. The summed E-state index contributed by atoms with van der Waals surface area (Å²) < 4.78 is 0. The second-order valence-electron chi connectivity index (χ2n) is 8.03. The summed E-state index contributed by atoms with van der Waals surface area (Å²) in [7, 11) is -1.88. The fourth-order valence-electron chi connectivity index (χ4n) is 1.65. The summed E-state index contributed by atoms with van der Waals surface area (Å²) in [5, 5.41) is 0. The van der Waals surface area contributed by atoms with Crippen molar-refractivity contribution in [3.63, 3.8) is 0 Å². The lowest BCUT2D eigenvalue weighted by atomic mass is 10.2. The molecule has 0 aliphatic carbocycles. The van der Waals surface area contributed by atoms with Gasteiger partial charge in [0.15, 0.2) is 0 Å². The van der Waals surface area contributed by atoms with Crippen LogP contribution >= 0.6 is 0 Å². The minimum Gasteiger partial charge on any atom is -0.294 e. The van der Waals surface area contributed by atoms with Crippen LogP contribution in [0.4, 0.5) is 0 Å². The Balaban J connectivity index is 4.07. The van der Waals surface area contributed by atoms with Gasteiger partial charge in [0.25, 0.3) is 0 Å². The fourth-order valence-corrected chi connectivity index (χ4v) is 3.21. The van der Waals surface area contributed by atoms with Gasteiger partial charge in [-0.3, -0.25) is 9.98 Å². The maximum absolute atomic E-state index is 4.69. The third-order valence-electron chi connectivity index (χ3n) is 3.00. The molecular weight excluding hydrogens is 264 g/mol. The van der Waals surface area contributed by atoms with Gasteiger partial charge in [-0.05, 0) is 25.9 Å². The molecule has 0 aromatic rings. The van der Waals surface area contributed by atoms with Gasteiger partial charge in [-0.25, -0.2) is 0 Å². The number of hydrogen-bond acceptors (Lipinski definition) is 2. The minimum absolute atomic E-state index is 0.939. The normalized spacial score (nSPS) is 14.9. The summed E-state index contributed by atoms with van der Waals surface area (Å²) in [6, 6.07) is 2.58. The largest absolute Gasteiger partial charge is 0.294 e. The molecule has 0 rings (SSSR count). The van der Waals surface area contributed by atoms with E-state index >= 15 is 0 Å². The highest BCUT2D eigenvalue weighted by atomic mass is 28.3. The summed E-state index contributed by atoms with van der Waals surface area (Å²) in [5.74, 6) is 0. The lowest BCUT2D eigenvalue weighted by molar-refractivity contribution is 1.06. The zero-order valence-corrected chi connectivity index (χ0v) is 16.4. The molecule has 0 aromatic heterocycles. The summed E-state index contributed by atoms with van der Waals surface area (Å²) in [6.45, 7) is 20.7. The highest BCUT2D eigenvalue weighted by Gasteiger charge is 2.12.